The highest BCUT2D eigenvalue weighted by molar-refractivity contribution is 5.93. The van der Waals surface area contributed by atoms with Crippen molar-refractivity contribution in [3.05, 3.63) is 70.3 Å². The average Bonchev–Trinajstić information content (AvgIpc) is 3.14. The number of benzene rings is 1. The number of ether oxygens (including phenoxy) is 1. The standard InChI is InChI=1S/C21H21N5O3/c1-25(10-3-11-29-2)20(27)17-8-9-19(23-13-17)26-21(28)18(14-24-26)16-6-4-15(12-22)5-7-16/h4-9,13-14,24H,3,10-11H2,1-2H3. The summed E-state index contributed by atoms with van der Waals surface area (Å²) in [5.74, 6) is 0.241. The molecule has 8 heteroatoms. The zero-order valence-corrected chi connectivity index (χ0v) is 16.3. The van der Waals surface area contributed by atoms with E-state index in [4.69, 9.17) is 10.00 Å². The maximum atomic E-state index is 12.7. The van der Waals surface area contributed by atoms with E-state index in [9.17, 15) is 9.59 Å². The number of hydrogen-bond acceptors (Lipinski definition) is 5. The SMILES string of the molecule is COCCCN(C)C(=O)c1ccc(-n2[nH]cc(-c3ccc(C#N)cc3)c2=O)nc1. The lowest BCUT2D eigenvalue weighted by molar-refractivity contribution is 0.0779. The Hall–Kier alpha value is -3.70. The van der Waals surface area contributed by atoms with Crippen molar-refractivity contribution in [2.75, 3.05) is 27.3 Å². The predicted octanol–water partition coefficient (Wildman–Crippen LogP) is 2.21. The van der Waals surface area contributed by atoms with Crippen LogP contribution < -0.4 is 5.56 Å². The number of pyridine rings is 1. The minimum absolute atomic E-state index is 0.141. The van der Waals surface area contributed by atoms with E-state index < -0.39 is 0 Å². The first-order valence-corrected chi connectivity index (χ1v) is 9.07. The fourth-order valence-corrected chi connectivity index (χ4v) is 2.88. The van der Waals surface area contributed by atoms with Gasteiger partial charge in [-0.15, -0.1) is 0 Å². The normalized spacial score (nSPS) is 10.5. The van der Waals surface area contributed by atoms with Gasteiger partial charge in [0, 0.05) is 39.7 Å². The van der Waals surface area contributed by atoms with E-state index in [1.807, 2.05) is 6.07 Å². The smallest absolute Gasteiger partial charge is 0.280 e. The molecule has 0 aliphatic carbocycles. The molecular weight excluding hydrogens is 370 g/mol. The fraction of sp³-hybridized carbons (Fsp3) is 0.238. The molecule has 29 heavy (non-hydrogen) atoms. The minimum atomic E-state index is -0.266. The summed E-state index contributed by atoms with van der Waals surface area (Å²) in [5, 5.41) is 11.8. The number of carbonyl (C=O) groups excluding carboxylic acids is 1. The van der Waals surface area contributed by atoms with Crippen LogP contribution in [0, 0.1) is 11.3 Å². The Bertz CT molecular complexity index is 1080. The molecule has 1 N–H and O–H groups in total. The van der Waals surface area contributed by atoms with Gasteiger partial charge in [-0.3, -0.25) is 14.7 Å². The molecule has 0 unspecified atom stereocenters. The lowest BCUT2D eigenvalue weighted by Gasteiger charge is -2.16. The van der Waals surface area contributed by atoms with Crippen LogP contribution in [0.3, 0.4) is 0 Å². The molecule has 0 atom stereocenters. The second-order valence-electron chi connectivity index (χ2n) is 6.49. The number of nitriles is 1. The molecule has 3 rings (SSSR count). The number of amides is 1. The van der Waals surface area contributed by atoms with Crippen LogP contribution in [0.2, 0.25) is 0 Å². The van der Waals surface area contributed by atoms with Crippen LogP contribution in [-0.2, 0) is 4.74 Å². The molecule has 0 bridgehead atoms. The van der Waals surface area contributed by atoms with Gasteiger partial charge in [-0.1, -0.05) is 12.1 Å². The van der Waals surface area contributed by atoms with E-state index in [0.29, 0.717) is 41.2 Å². The second kappa shape index (κ2) is 8.99. The van der Waals surface area contributed by atoms with E-state index in [1.54, 1.807) is 61.7 Å². The first kappa shape index (κ1) is 20.0. The number of rotatable bonds is 7. The van der Waals surface area contributed by atoms with Crippen LogP contribution in [0.15, 0.2) is 53.6 Å². The molecule has 0 spiro atoms. The molecule has 0 radical (unpaired) electrons. The molecule has 8 nitrogen and oxygen atoms in total. The number of hydrogen-bond donors (Lipinski definition) is 1. The van der Waals surface area contributed by atoms with Crippen LogP contribution in [0.25, 0.3) is 16.9 Å². The summed E-state index contributed by atoms with van der Waals surface area (Å²) >= 11 is 0. The second-order valence-corrected chi connectivity index (χ2v) is 6.49. The molecule has 0 aliphatic heterocycles. The van der Waals surface area contributed by atoms with E-state index in [2.05, 4.69) is 10.1 Å². The van der Waals surface area contributed by atoms with Gasteiger partial charge < -0.3 is 9.64 Å². The summed E-state index contributed by atoms with van der Waals surface area (Å²) in [5.41, 5.74) is 1.88. The zero-order valence-electron chi connectivity index (χ0n) is 16.3. The molecule has 1 aromatic carbocycles. The molecule has 2 aromatic heterocycles. The van der Waals surface area contributed by atoms with Crippen molar-refractivity contribution in [2.45, 2.75) is 6.42 Å². The topological polar surface area (TPSA) is 104 Å². The monoisotopic (exact) mass is 391 g/mol. The number of carbonyl (C=O) groups is 1. The van der Waals surface area contributed by atoms with E-state index in [0.717, 1.165) is 6.42 Å². The third kappa shape index (κ3) is 4.42. The molecule has 1 amide bonds. The summed E-state index contributed by atoms with van der Waals surface area (Å²) in [4.78, 5) is 31.0. The lowest BCUT2D eigenvalue weighted by Crippen LogP contribution is -2.28. The Kier molecular flexibility index (Phi) is 6.22. The Morgan fingerprint density at radius 2 is 2.03 bits per heavy atom. The zero-order chi connectivity index (χ0) is 20.8. The molecule has 0 aliphatic rings. The number of nitrogens with one attached hydrogen (secondary N) is 1. The van der Waals surface area contributed by atoms with Gasteiger partial charge in [0.25, 0.3) is 11.5 Å². The quantitative estimate of drug-likeness (QED) is 0.622. The van der Waals surface area contributed by atoms with Gasteiger partial charge in [-0.2, -0.15) is 5.26 Å². The molecule has 2 heterocycles. The first-order chi connectivity index (χ1) is 14.0. The summed E-state index contributed by atoms with van der Waals surface area (Å²) < 4.78 is 6.31. The van der Waals surface area contributed by atoms with Gasteiger partial charge in [-0.05, 0) is 36.2 Å². The molecule has 3 aromatic rings. The molecule has 148 valence electrons. The maximum absolute atomic E-state index is 12.7. The first-order valence-electron chi connectivity index (χ1n) is 9.07. The van der Waals surface area contributed by atoms with Gasteiger partial charge in [0.05, 0.1) is 22.8 Å². The average molecular weight is 391 g/mol. The minimum Gasteiger partial charge on any atom is -0.385 e. The van der Waals surface area contributed by atoms with E-state index >= 15 is 0 Å². The van der Waals surface area contributed by atoms with Crippen molar-refractivity contribution in [1.82, 2.24) is 19.7 Å². The van der Waals surface area contributed by atoms with Gasteiger partial charge in [0.1, 0.15) is 0 Å². The van der Waals surface area contributed by atoms with Gasteiger partial charge in [-0.25, -0.2) is 9.67 Å². The van der Waals surface area contributed by atoms with Crippen molar-refractivity contribution in [3.8, 4) is 23.0 Å². The third-order valence-corrected chi connectivity index (χ3v) is 4.51. The molecule has 0 saturated carbocycles. The van der Waals surface area contributed by atoms with Crippen LogP contribution in [-0.4, -0.2) is 52.9 Å². The number of H-pyrrole nitrogens is 1. The Labute approximate surface area is 168 Å². The van der Waals surface area contributed by atoms with Crippen LogP contribution in [0.4, 0.5) is 0 Å². The largest absolute Gasteiger partial charge is 0.385 e. The van der Waals surface area contributed by atoms with Crippen molar-refractivity contribution in [1.29, 1.82) is 5.26 Å². The highest BCUT2D eigenvalue weighted by Gasteiger charge is 2.14. The molecular formula is C21H21N5O3. The van der Waals surface area contributed by atoms with Crippen molar-refractivity contribution in [2.24, 2.45) is 0 Å². The van der Waals surface area contributed by atoms with Crippen LogP contribution in [0.5, 0.6) is 0 Å². The number of nitrogens with zero attached hydrogens (tertiary/aromatic N) is 4. The Morgan fingerprint density at radius 3 is 2.66 bits per heavy atom. The summed E-state index contributed by atoms with van der Waals surface area (Å²) in [6.45, 7) is 1.17. The van der Waals surface area contributed by atoms with Crippen LogP contribution in [0.1, 0.15) is 22.3 Å². The Balaban J connectivity index is 1.78. The Morgan fingerprint density at radius 1 is 1.28 bits per heavy atom. The fourth-order valence-electron chi connectivity index (χ4n) is 2.88. The highest BCUT2D eigenvalue weighted by Crippen LogP contribution is 2.16. The van der Waals surface area contributed by atoms with Crippen LogP contribution >= 0.6 is 0 Å². The third-order valence-electron chi connectivity index (χ3n) is 4.51. The highest BCUT2D eigenvalue weighted by atomic mass is 16.5. The number of aromatic nitrogens is 3. The van der Waals surface area contributed by atoms with E-state index in [-0.39, 0.29) is 11.5 Å². The lowest BCUT2D eigenvalue weighted by atomic mass is 10.1. The van der Waals surface area contributed by atoms with Gasteiger partial charge >= 0.3 is 0 Å². The van der Waals surface area contributed by atoms with Crippen molar-refractivity contribution in [3.63, 3.8) is 0 Å². The molecule has 0 fully saturated rings. The molecule has 0 saturated heterocycles. The predicted molar refractivity (Wildman–Crippen MR) is 108 cm³/mol. The summed E-state index contributed by atoms with van der Waals surface area (Å²) in [7, 11) is 3.35. The van der Waals surface area contributed by atoms with Gasteiger partial charge in [0.15, 0.2) is 5.82 Å². The van der Waals surface area contributed by atoms with Gasteiger partial charge in [0.2, 0.25) is 0 Å². The maximum Gasteiger partial charge on any atom is 0.280 e. The number of aromatic amines is 1. The van der Waals surface area contributed by atoms with E-state index in [1.165, 1.54) is 10.9 Å². The van der Waals surface area contributed by atoms with Crippen molar-refractivity contribution >= 4 is 5.91 Å². The number of methoxy groups -OCH3 is 1. The summed E-state index contributed by atoms with van der Waals surface area (Å²) in [6, 6.07) is 12.1. The summed E-state index contributed by atoms with van der Waals surface area (Å²) in [6.07, 6.45) is 3.80. The van der Waals surface area contributed by atoms with Crippen molar-refractivity contribution < 1.29 is 9.53 Å².